The molecule has 1 atom stereocenters. The number of benzene rings is 2. The van der Waals surface area contributed by atoms with E-state index in [1.54, 1.807) is 25.1 Å². The maximum Gasteiger partial charge on any atom is 0.241 e. The molecule has 0 aliphatic carbocycles. The summed E-state index contributed by atoms with van der Waals surface area (Å²) in [5, 5.41) is 1.62. The lowest BCUT2D eigenvalue weighted by molar-refractivity contribution is 0.563. The van der Waals surface area contributed by atoms with Crippen LogP contribution in [0, 0.1) is 0 Å². The molecule has 0 bridgehead atoms. The molecular formula is C13H16N2O2S. The van der Waals surface area contributed by atoms with Gasteiger partial charge in [0.1, 0.15) is 0 Å². The lowest BCUT2D eigenvalue weighted by Crippen LogP contribution is -2.37. The minimum atomic E-state index is -3.53. The van der Waals surface area contributed by atoms with E-state index < -0.39 is 10.0 Å². The Hall–Kier alpha value is -1.43. The number of rotatable bonds is 4. The predicted octanol–water partition coefficient (Wildman–Crippen LogP) is 1.47. The first-order chi connectivity index (χ1) is 8.54. The van der Waals surface area contributed by atoms with Crippen LogP contribution in [-0.2, 0) is 10.0 Å². The summed E-state index contributed by atoms with van der Waals surface area (Å²) < 4.78 is 27.1. The van der Waals surface area contributed by atoms with Crippen molar-refractivity contribution in [2.75, 3.05) is 6.54 Å². The van der Waals surface area contributed by atoms with Gasteiger partial charge in [0.25, 0.3) is 0 Å². The van der Waals surface area contributed by atoms with Gasteiger partial charge in [-0.25, -0.2) is 13.1 Å². The molecule has 0 fully saturated rings. The van der Waals surface area contributed by atoms with Crippen molar-refractivity contribution in [2.45, 2.75) is 17.9 Å². The van der Waals surface area contributed by atoms with Crippen LogP contribution in [0.25, 0.3) is 10.8 Å². The van der Waals surface area contributed by atoms with Gasteiger partial charge < -0.3 is 5.73 Å². The molecule has 0 amide bonds. The molecule has 96 valence electrons. The topological polar surface area (TPSA) is 72.2 Å². The van der Waals surface area contributed by atoms with Gasteiger partial charge in [-0.05, 0) is 18.4 Å². The van der Waals surface area contributed by atoms with Crippen LogP contribution in [-0.4, -0.2) is 21.0 Å². The summed E-state index contributed by atoms with van der Waals surface area (Å²) >= 11 is 0. The van der Waals surface area contributed by atoms with Gasteiger partial charge in [-0.3, -0.25) is 0 Å². The minimum Gasteiger partial charge on any atom is -0.329 e. The summed E-state index contributed by atoms with van der Waals surface area (Å²) in [6.45, 7) is 2.01. The van der Waals surface area contributed by atoms with Crippen LogP contribution >= 0.6 is 0 Å². The first-order valence-corrected chi connectivity index (χ1v) is 7.23. The maximum atomic E-state index is 12.2. The second-order valence-corrected chi connectivity index (χ2v) is 5.92. The third kappa shape index (κ3) is 2.53. The van der Waals surface area contributed by atoms with Crippen LogP contribution in [0.5, 0.6) is 0 Å². The molecule has 0 aliphatic heterocycles. The Kier molecular flexibility index (Phi) is 3.65. The van der Waals surface area contributed by atoms with Crippen LogP contribution in [0.15, 0.2) is 47.4 Å². The van der Waals surface area contributed by atoms with Crippen molar-refractivity contribution in [3.63, 3.8) is 0 Å². The van der Waals surface area contributed by atoms with Gasteiger partial charge in [-0.15, -0.1) is 0 Å². The first-order valence-electron chi connectivity index (χ1n) is 5.75. The summed E-state index contributed by atoms with van der Waals surface area (Å²) in [7, 11) is -3.53. The van der Waals surface area contributed by atoms with Crippen molar-refractivity contribution in [1.82, 2.24) is 4.72 Å². The first kappa shape index (κ1) is 13.0. The molecule has 2 aromatic carbocycles. The summed E-state index contributed by atoms with van der Waals surface area (Å²) in [5.74, 6) is 0. The van der Waals surface area contributed by atoms with Crippen LogP contribution < -0.4 is 10.5 Å². The summed E-state index contributed by atoms with van der Waals surface area (Å²) in [6.07, 6.45) is 0. The summed E-state index contributed by atoms with van der Waals surface area (Å²) in [6, 6.07) is 12.4. The fourth-order valence-corrected chi connectivity index (χ4v) is 3.29. The summed E-state index contributed by atoms with van der Waals surface area (Å²) in [4.78, 5) is 0.293. The number of nitrogens with one attached hydrogen (secondary N) is 1. The lowest BCUT2D eigenvalue weighted by Gasteiger charge is -2.13. The van der Waals surface area contributed by atoms with Crippen molar-refractivity contribution in [2.24, 2.45) is 5.73 Å². The molecule has 0 aromatic heterocycles. The molecule has 0 saturated carbocycles. The second-order valence-electron chi connectivity index (χ2n) is 4.24. The Morgan fingerprint density at radius 2 is 1.83 bits per heavy atom. The van der Waals surface area contributed by atoms with E-state index in [-0.39, 0.29) is 12.6 Å². The van der Waals surface area contributed by atoms with Gasteiger partial charge in [0.15, 0.2) is 0 Å². The number of hydrogen-bond acceptors (Lipinski definition) is 3. The molecule has 0 aliphatic rings. The molecule has 0 radical (unpaired) electrons. The van der Waals surface area contributed by atoms with Crippen molar-refractivity contribution in [3.8, 4) is 0 Å². The van der Waals surface area contributed by atoms with Gasteiger partial charge in [0.05, 0.1) is 4.90 Å². The number of sulfonamides is 1. The van der Waals surface area contributed by atoms with Crippen molar-refractivity contribution in [3.05, 3.63) is 42.5 Å². The quantitative estimate of drug-likeness (QED) is 0.878. The molecular weight excluding hydrogens is 248 g/mol. The zero-order valence-corrected chi connectivity index (χ0v) is 10.9. The van der Waals surface area contributed by atoms with Crippen molar-refractivity contribution < 1.29 is 8.42 Å². The highest BCUT2D eigenvalue weighted by Gasteiger charge is 2.18. The number of nitrogens with two attached hydrogens (primary N) is 1. The molecule has 18 heavy (non-hydrogen) atoms. The average Bonchev–Trinajstić information content (AvgIpc) is 2.37. The Morgan fingerprint density at radius 1 is 1.17 bits per heavy atom. The molecule has 2 aromatic rings. The van der Waals surface area contributed by atoms with Crippen molar-refractivity contribution in [1.29, 1.82) is 0 Å². The second kappa shape index (κ2) is 5.06. The van der Waals surface area contributed by atoms with Gasteiger partial charge in [-0.1, -0.05) is 36.4 Å². The average molecular weight is 264 g/mol. The predicted molar refractivity (Wildman–Crippen MR) is 72.8 cm³/mol. The van der Waals surface area contributed by atoms with E-state index in [1.807, 2.05) is 24.3 Å². The van der Waals surface area contributed by atoms with Gasteiger partial charge >= 0.3 is 0 Å². The SMILES string of the molecule is C[C@H](CN)NS(=O)(=O)c1cccc2ccccc12. The van der Waals surface area contributed by atoms with Crippen LogP contribution in [0.4, 0.5) is 0 Å². The molecule has 5 heteroatoms. The van der Waals surface area contributed by atoms with Gasteiger partial charge in [0.2, 0.25) is 10.0 Å². The molecule has 0 heterocycles. The van der Waals surface area contributed by atoms with Crippen LogP contribution in [0.1, 0.15) is 6.92 Å². The van der Waals surface area contributed by atoms with E-state index in [1.165, 1.54) is 0 Å². The molecule has 0 saturated heterocycles. The van der Waals surface area contributed by atoms with E-state index >= 15 is 0 Å². The fourth-order valence-electron chi connectivity index (χ4n) is 1.81. The molecule has 0 unspecified atom stereocenters. The van der Waals surface area contributed by atoms with E-state index in [0.717, 1.165) is 10.8 Å². The Bertz CT molecular complexity index is 648. The number of hydrogen-bond donors (Lipinski definition) is 2. The molecule has 0 spiro atoms. The van der Waals surface area contributed by atoms with Crippen molar-refractivity contribution >= 4 is 20.8 Å². The van der Waals surface area contributed by atoms with Crippen LogP contribution in [0.3, 0.4) is 0 Å². The summed E-state index contributed by atoms with van der Waals surface area (Å²) in [5.41, 5.74) is 5.44. The Labute approximate surface area is 107 Å². The lowest BCUT2D eigenvalue weighted by atomic mass is 10.1. The molecule has 2 rings (SSSR count). The molecule has 3 N–H and O–H groups in total. The minimum absolute atomic E-state index is 0.268. The smallest absolute Gasteiger partial charge is 0.241 e. The zero-order valence-electron chi connectivity index (χ0n) is 10.1. The van der Waals surface area contributed by atoms with Gasteiger partial charge in [-0.2, -0.15) is 0 Å². The maximum absolute atomic E-state index is 12.2. The monoisotopic (exact) mass is 264 g/mol. The van der Waals surface area contributed by atoms with E-state index in [9.17, 15) is 8.42 Å². The van der Waals surface area contributed by atoms with E-state index in [4.69, 9.17) is 5.73 Å². The third-order valence-corrected chi connectivity index (χ3v) is 4.40. The third-order valence-electron chi connectivity index (χ3n) is 2.75. The van der Waals surface area contributed by atoms with Gasteiger partial charge in [0, 0.05) is 18.0 Å². The largest absolute Gasteiger partial charge is 0.329 e. The highest BCUT2D eigenvalue weighted by molar-refractivity contribution is 7.89. The fraction of sp³-hybridized carbons (Fsp3) is 0.231. The Balaban J connectivity index is 2.54. The normalized spacial score (nSPS) is 13.7. The standard InChI is InChI=1S/C13H16N2O2S/c1-10(9-14)15-18(16,17)13-8-4-6-11-5-2-3-7-12(11)13/h2-8,10,15H,9,14H2,1H3/t10-/m1/s1. The van der Waals surface area contributed by atoms with E-state index in [0.29, 0.717) is 4.90 Å². The van der Waals surface area contributed by atoms with E-state index in [2.05, 4.69) is 4.72 Å². The Morgan fingerprint density at radius 3 is 2.56 bits per heavy atom. The van der Waals surface area contributed by atoms with Crippen LogP contribution in [0.2, 0.25) is 0 Å². The highest BCUT2D eigenvalue weighted by atomic mass is 32.2. The zero-order chi connectivity index (χ0) is 13.2. The highest BCUT2D eigenvalue weighted by Crippen LogP contribution is 2.22. The molecule has 4 nitrogen and oxygen atoms in total. The number of fused-ring (bicyclic) bond motifs is 1.